The van der Waals surface area contributed by atoms with E-state index in [4.69, 9.17) is 16.7 Å². The van der Waals surface area contributed by atoms with Gasteiger partial charge in [-0.15, -0.1) is 0 Å². The molecule has 88 valence electrons. The molecule has 1 aromatic rings. The second-order valence-corrected chi connectivity index (χ2v) is 5.11. The fourth-order valence-corrected chi connectivity index (χ4v) is 2.44. The zero-order valence-corrected chi connectivity index (χ0v) is 10.2. The Bertz CT molecular complexity index is 350. The number of benzene rings is 1. The molecule has 1 fully saturated rings. The van der Waals surface area contributed by atoms with Crippen molar-refractivity contribution in [1.29, 1.82) is 0 Å². The van der Waals surface area contributed by atoms with Crippen molar-refractivity contribution in [1.82, 2.24) is 5.32 Å². The lowest BCUT2D eigenvalue weighted by atomic mass is 9.75. The van der Waals surface area contributed by atoms with E-state index in [9.17, 15) is 0 Å². The summed E-state index contributed by atoms with van der Waals surface area (Å²) in [5.74, 6) is 0.627. The van der Waals surface area contributed by atoms with Gasteiger partial charge in [0.1, 0.15) is 0 Å². The number of rotatable bonds is 4. The van der Waals surface area contributed by atoms with Crippen molar-refractivity contribution in [3.63, 3.8) is 0 Å². The molecule has 0 amide bonds. The van der Waals surface area contributed by atoms with E-state index in [1.54, 1.807) is 0 Å². The molecule has 0 radical (unpaired) electrons. The van der Waals surface area contributed by atoms with Crippen LogP contribution in [-0.4, -0.2) is 23.8 Å². The van der Waals surface area contributed by atoms with Crippen LogP contribution in [0.15, 0.2) is 24.3 Å². The number of aliphatic hydroxyl groups is 1. The van der Waals surface area contributed by atoms with E-state index < -0.39 is 0 Å². The minimum Gasteiger partial charge on any atom is -0.395 e. The van der Waals surface area contributed by atoms with Crippen LogP contribution in [0.2, 0.25) is 5.02 Å². The summed E-state index contributed by atoms with van der Waals surface area (Å²) < 4.78 is 0. The van der Waals surface area contributed by atoms with Gasteiger partial charge in [0.2, 0.25) is 0 Å². The molecule has 1 aromatic carbocycles. The Labute approximate surface area is 102 Å². The van der Waals surface area contributed by atoms with Crippen molar-refractivity contribution in [2.75, 3.05) is 6.61 Å². The maximum Gasteiger partial charge on any atom is 0.0582 e. The van der Waals surface area contributed by atoms with Gasteiger partial charge in [0.05, 0.1) is 6.61 Å². The Balaban J connectivity index is 1.84. The van der Waals surface area contributed by atoms with Gasteiger partial charge in [-0.2, -0.15) is 0 Å². The smallest absolute Gasteiger partial charge is 0.0582 e. The average molecular weight is 240 g/mol. The number of nitrogens with one attached hydrogen (secondary N) is 1. The highest BCUT2D eigenvalue weighted by molar-refractivity contribution is 6.30. The molecule has 2 rings (SSSR count). The van der Waals surface area contributed by atoms with Crippen LogP contribution in [0.4, 0.5) is 0 Å². The van der Waals surface area contributed by atoms with E-state index in [1.165, 1.54) is 5.56 Å². The third kappa shape index (κ3) is 2.76. The van der Waals surface area contributed by atoms with Crippen molar-refractivity contribution >= 4 is 11.6 Å². The summed E-state index contributed by atoms with van der Waals surface area (Å²) in [6, 6.07) is 8.86. The SMILES string of the molecule is CC(CO)NC1CC(c2cccc(Cl)c2)C1. The first-order valence-corrected chi connectivity index (χ1v) is 6.19. The highest BCUT2D eigenvalue weighted by Crippen LogP contribution is 2.37. The predicted molar refractivity (Wildman–Crippen MR) is 66.9 cm³/mol. The zero-order valence-electron chi connectivity index (χ0n) is 9.49. The molecule has 1 unspecified atom stereocenters. The van der Waals surface area contributed by atoms with Gasteiger partial charge in [-0.05, 0) is 43.4 Å². The van der Waals surface area contributed by atoms with Crippen LogP contribution in [0.5, 0.6) is 0 Å². The summed E-state index contributed by atoms with van der Waals surface area (Å²) in [5.41, 5.74) is 1.34. The average Bonchev–Trinajstić information content (AvgIpc) is 2.22. The lowest BCUT2D eigenvalue weighted by Gasteiger charge is -2.38. The lowest BCUT2D eigenvalue weighted by molar-refractivity contribution is 0.204. The van der Waals surface area contributed by atoms with Crippen molar-refractivity contribution in [3.8, 4) is 0 Å². The van der Waals surface area contributed by atoms with E-state index in [0.717, 1.165) is 17.9 Å². The first-order valence-electron chi connectivity index (χ1n) is 5.81. The maximum atomic E-state index is 8.94. The molecule has 1 aliphatic carbocycles. The van der Waals surface area contributed by atoms with Gasteiger partial charge in [0.15, 0.2) is 0 Å². The van der Waals surface area contributed by atoms with E-state index in [2.05, 4.69) is 17.4 Å². The Kier molecular flexibility index (Phi) is 3.85. The highest BCUT2D eigenvalue weighted by Gasteiger charge is 2.30. The van der Waals surface area contributed by atoms with Gasteiger partial charge in [0.25, 0.3) is 0 Å². The minimum absolute atomic E-state index is 0.199. The number of halogens is 1. The van der Waals surface area contributed by atoms with Crippen LogP contribution >= 0.6 is 11.6 Å². The molecule has 2 N–H and O–H groups in total. The topological polar surface area (TPSA) is 32.3 Å². The largest absolute Gasteiger partial charge is 0.395 e. The fraction of sp³-hybridized carbons (Fsp3) is 0.538. The van der Waals surface area contributed by atoms with Crippen molar-refractivity contribution in [2.45, 2.75) is 37.8 Å². The summed E-state index contributed by atoms with van der Waals surface area (Å²) in [5, 5.41) is 13.2. The molecular formula is C13H18ClNO. The molecule has 2 nitrogen and oxygen atoms in total. The van der Waals surface area contributed by atoms with Gasteiger partial charge < -0.3 is 10.4 Å². The van der Waals surface area contributed by atoms with Crippen LogP contribution < -0.4 is 5.32 Å². The molecule has 0 aromatic heterocycles. The van der Waals surface area contributed by atoms with E-state index in [-0.39, 0.29) is 12.6 Å². The van der Waals surface area contributed by atoms with Crippen molar-refractivity contribution in [3.05, 3.63) is 34.9 Å². The first-order chi connectivity index (χ1) is 7.69. The first kappa shape index (κ1) is 11.9. The van der Waals surface area contributed by atoms with E-state index in [0.29, 0.717) is 12.0 Å². The van der Waals surface area contributed by atoms with Crippen LogP contribution in [0.3, 0.4) is 0 Å². The molecule has 0 saturated heterocycles. The van der Waals surface area contributed by atoms with Gasteiger partial charge in [-0.3, -0.25) is 0 Å². The Hall–Kier alpha value is -0.570. The summed E-state index contributed by atoms with van der Waals surface area (Å²) in [7, 11) is 0. The Morgan fingerprint density at radius 3 is 2.88 bits per heavy atom. The van der Waals surface area contributed by atoms with Gasteiger partial charge >= 0.3 is 0 Å². The highest BCUT2D eigenvalue weighted by atomic mass is 35.5. The molecule has 1 atom stereocenters. The van der Waals surface area contributed by atoms with Gasteiger partial charge in [-0.1, -0.05) is 23.7 Å². The summed E-state index contributed by atoms with van der Waals surface area (Å²) in [6.07, 6.45) is 2.29. The van der Waals surface area contributed by atoms with Crippen LogP contribution in [0.25, 0.3) is 0 Å². The second kappa shape index (κ2) is 5.17. The maximum absolute atomic E-state index is 8.94. The second-order valence-electron chi connectivity index (χ2n) is 4.67. The molecule has 16 heavy (non-hydrogen) atoms. The molecule has 0 heterocycles. The normalized spacial score (nSPS) is 26.2. The van der Waals surface area contributed by atoms with E-state index >= 15 is 0 Å². The quantitative estimate of drug-likeness (QED) is 0.847. The molecule has 0 aliphatic heterocycles. The Morgan fingerprint density at radius 2 is 2.25 bits per heavy atom. The predicted octanol–water partition coefficient (Wildman–Crippen LogP) is 2.56. The number of hydrogen-bond donors (Lipinski definition) is 2. The summed E-state index contributed by atoms with van der Waals surface area (Å²) >= 11 is 5.96. The van der Waals surface area contributed by atoms with Crippen molar-refractivity contribution in [2.24, 2.45) is 0 Å². The molecule has 1 saturated carbocycles. The monoisotopic (exact) mass is 239 g/mol. The molecule has 0 spiro atoms. The minimum atomic E-state index is 0.199. The molecular weight excluding hydrogens is 222 g/mol. The standard InChI is InChI=1S/C13H18ClNO/c1-9(8-16)15-13-6-11(7-13)10-3-2-4-12(14)5-10/h2-5,9,11,13,15-16H,6-8H2,1H3. The third-order valence-electron chi connectivity index (χ3n) is 3.25. The van der Waals surface area contributed by atoms with Gasteiger partial charge in [-0.25, -0.2) is 0 Å². The van der Waals surface area contributed by atoms with Crippen LogP contribution in [-0.2, 0) is 0 Å². The number of hydrogen-bond acceptors (Lipinski definition) is 2. The van der Waals surface area contributed by atoms with Crippen LogP contribution in [0.1, 0.15) is 31.2 Å². The molecule has 1 aliphatic rings. The summed E-state index contributed by atoms with van der Waals surface area (Å²) in [6.45, 7) is 2.21. The van der Waals surface area contributed by atoms with Gasteiger partial charge in [0, 0.05) is 17.1 Å². The molecule has 3 heteroatoms. The van der Waals surface area contributed by atoms with E-state index in [1.807, 2.05) is 19.1 Å². The zero-order chi connectivity index (χ0) is 11.5. The van der Waals surface area contributed by atoms with Crippen LogP contribution in [0, 0.1) is 0 Å². The molecule has 0 bridgehead atoms. The third-order valence-corrected chi connectivity index (χ3v) is 3.49. The Morgan fingerprint density at radius 1 is 1.50 bits per heavy atom. The van der Waals surface area contributed by atoms with Crippen molar-refractivity contribution < 1.29 is 5.11 Å². The summed E-state index contributed by atoms with van der Waals surface area (Å²) in [4.78, 5) is 0. The number of aliphatic hydroxyl groups excluding tert-OH is 1. The lowest BCUT2D eigenvalue weighted by Crippen LogP contribution is -2.45. The fourth-order valence-electron chi connectivity index (χ4n) is 2.24.